The lowest BCUT2D eigenvalue weighted by atomic mass is 10.1. The first kappa shape index (κ1) is 19.2. The molecule has 0 aliphatic heterocycles. The molecule has 4 heteroatoms. The van der Waals surface area contributed by atoms with E-state index >= 15 is 0 Å². The lowest BCUT2D eigenvalue weighted by Crippen LogP contribution is -2.25. The normalized spacial score (nSPS) is 14.6. The predicted octanol–water partition coefficient (Wildman–Crippen LogP) is 5.77. The molecule has 26 heavy (non-hydrogen) atoms. The van der Waals surface area contributed by atoms with Gasteiger partial charge in [-0.05, 0) is 49.9 Å². The highest BCUT2D eigenvalue weighted by Gasteiger charge is 2.16. The van der Waals surface area contributed by atoms with E-state index in [0.29, 0.717) is 19.3 Å². The Bertz CT molecular complexity index is 709. The lowest BCUT2D eigenvalue weighted by Gasteiger charge is -2.17. The summed E-state index contributed by atoms with van der Waals surface area (Å²) in [5.41, 5.74) is 3.62. The van der Waals surface area contributed by atoms with E-state index in [0.717, 1.165) is 28.1 Å². The van der Waals surface area contributed by atoms with Crippen LogP contribution in [0.2, 0.25) is 0 Å². The zero-order valence-electron chi connectivity index (χ0n) is 15.7. The number of ether oxygens (including phenoxy) is 2. The van der Waals surface area contributed by atoms with Gasteiger partial charge in [0.2, 0.25) is 0 Å². The molecule has 1 aliphatic rings. The van der Waals surface area contributed by atoms with E-state index in [2.05, 4.69) is 58.5 Å². The maximum Gasteiger partial charge on any atom is 0.162 e. The first-order valence-corrected chi connectivity index (χ1v) is 10.3. The third-order valence-corrected chi connectivity index (χ3v) is 5.60. The Labute approximate surface area is 165 Å². The molecule has 1 aliphatic carbocycles. The minimum atomic E-state index is 0.534. The van der Waals surface area contributed by atoms with Crippen molar-refractivity contribution >= 4 is 15.9 Å². The standard InChI is InChI=1S/C22H28BrNO2/c1-3-25-21-12-18(14-24-19-6-4-5-7-19)20(23)13-22(21)26-15-17-10-8-16(2)9-11-17/h8-13,19,24H,3-7,14-15H2,1-2H3. The van der Waals surface area contributed by atoms with Gasteiger partial charge in [-0.2, -0.15) is 0 Å². The van der Waals surface area contributed by atoms with Gasteiger partial charge in [-0.25, -0.2) is 0 Å². The molecule has 0 aromatic heterocycles. The van der Waals surface area contributed by atoms with Gasteiger partial charge >= 0.3 is 0 Å². The summed E-state index contributed by atoms with van der Waals surface area (Å²) in [4.78, 5) is 0. The largest absolute Gasteiger partial charge is 0.490 e. The van der Waals surface area contributed by atoms with Crippen LogP contribution in [-0.2, 0) is 13.2 Å². The third kappa shape index (κ3) is 5.24. The van der Waals surface area contributed by atoms with Crippen LogP contribution in [-0.4, -0.2) is 12.6 Å². The van der Waals surface area contributed by atoms with Crippen molar-refractivity contribution < 1.29 is 9.47 Å². The highest BCUT2D eigenvalue weighted by atomic mass is 79.9. The van der Waals surface area contributed by atoms with E-state index < -0.39 is 0 Å². The van der Waals surface area contributed by atoms with Crippen molar-refractivity contribution in [1.82, 2.24) is 5.32 Å². The Morgan fingerprint density at radius 2 is 1.73 bits per heavy atom. The number of halogens is 1. The van der Waals surface area contributed by atoms with Crippen molar-refractivity contribution in [2.75, 3.05) is 6.61 Å². The van der Waals surface area contributed by atoms with Gasteiger partial charge in [-0.15, -0.1) is 0 Å². The van der Waals surface area contributed by atoms with Gasteiger partial charge in [0, 0.05) is 17.1 Å². The zero-order chi connectivity index (χ0) is 18.4. The number of hydrogen-bond acceptors (Lipinski definition) is 3. The Balaban J connectivity index is 1.69. The maximum absolute atomic E-state index is 6.05. The summed E-state index contributed by atoms with van der Waals surface area (Å²) in [5, 5.41) is 3.66. The first-order valence-electron chi connectivity index (χ1n) is 9.52. The number of rotatable bonds is 8. The molecule has 0 atom stereocenters. The fourth-order valence-electron chi connectivity index (χ4n) is 3.32. The topological polar surface area (TPSA) is 30.5 Å². The van der Waals surface area contributed by atoms with Crippen LogP contribution in [0.25, 0.3) is 0 Å². The van der Waals surface area contributed by atoms with E-state index in [1.807, 2.05) is 13.0 Å². The maximum atomic E-state index is 6.05. The molecule has 1 saturated carbocycles. The van der Waals surface area contributed by atoms with Crippen molar-refractivity contribution in [3.63, 3.8) is 0 Å². The average molecular weight is 418 g/mol. The Morgan fingerprint density at radius 3 is 2.42 bits per heavy atom. The van der Waals surface area contributed by atoms with Gasteiger partial charge in [-0.3, -0.25) is 0 Å². The minimum absolute atomic E-state index is 0.534. The van der Waals surface area contributed by atoms with E-state index in [1.165, 1.54) is 36.8 Å². The Kier molecular flexibility index (Phi) is 6.98. The zero-order valence-corrected chi connectivity index (χ0v) is 17.3. The molecule has 0 heterocycles. The molecule has 3 nitrogen and oxygen atoms in total. The highest BCUT2D eigenvalue weighted by Crippen LogP contribution is 2.34. The summed E-state index contributed by atoms with van der Waals surface area (Å²) in [6, 6.07) is 13.2. The first-order chi connectivity index (χ1) is 12.7. The monoisotopic (exact) mass is 417 g/mol. The summed E-state index contributed by atoms with van der Waals surface area (Å²) < 4.78 is 13.0. The average Bonchev–Trinajstić information content (AvgIpc) is 3.15. The van der Waals surface area contributed by atoms with Crippen LogP contribution in [0.4, 0.5) is 0 Å². The molecule has 140 valence electrons. The molecule has 1 fully saturated rings. The van der Waals surface area contributed by atoms with Crippen LogP contribution in [0.3, 0.4) is 0 Å². The van der Waals surface area contributed by atoms with Crippen LogP contribution in [0.5, 0.6) is 11.5 Å². The van der Waals surface area contributed by atoms with Gasteiger partial charge < -0.3 is 14.8 Å². The van der Waals surface area contributed by atoms with Gasteiger partial charge in [0.1, 0.15) is 6.61 Å². The quantitative estimate of drug-likeness (QED) is 0.591. The summed E-state index contributed by atoms with van der Waals surface area (Å²) >= 11 is 3.70. The van der Waals surface area contributed by atoms with Crippen molar-refractivity contribution in [3.8, 4) is 11.5 Å². The minimum Gasteiger partial charge on any atom is -0.490 e. The van der Waals surface area contributed by atoms with Crippen molar-refractivity contribution in [2.45, 2.75) is 58.7 Å². The second kappa shape index (κ2) is 9.43. The Morgan fingerprint density at radius 1 is 1.04 bits per heavy atom. The SMILES string of the molecule is CCOc1cc(CNC2CCCC2)c(Br)cc1OCc1ccc(C)cc1. The van der Waals surface area contributed by atoms with E-state index in [1.54, 1.807) is 0 Å². The smallest absolute Gasteiger partial charge is 0.162 e. The Hall–Kier alpha value is -1.52. The summed E-state index contributed by atoms with van der Waals surface area (Å²) in [5.74, 6) is 1.59. The summed E-state index contributed by atoms with van der Waals surface area (Å²) in [7, 11) is 0. The molecule has 0 spiro atoms. The number of nitrogens with one attached hydrogen (secondary N) is 1. The van der Waals surface area contributed by atoms with Gasteiger partial charge in [0.15, 0.2) is 11.5 Å². The molecule has 1 N–H and O–H groups in total. The van der Waals surface area contributed by atoms with Crippen LogP contribution in [0.15, 0.2) is 40.9 Å². The molecular weight excluding hydrogens is 390 g/mol. The van der Waals surface area contributed by atoms with E-state index in [-0.39, 0.29) is 0 Å². The van der Waals surface area contributed by atoms with E-state index in [9.17, 15) is 0 Å². The molecule has 0 bridgehead atoms. The van der Waals surface area contributed by atoms with Crippen molar-refractivity contribution in [1.29, 1.82) is 0 Å². The molecular formula is C22H28BrNO2. The van der Waals surface area contributed by atoms with Crippen molar-refractivity contribution in [3.05, 3.63) is 57.6 Å². The second-order valence-electron chi connectivity index (χ2n) is 6.96. The fourth-order valence-corrected chi connectivity index (χ4v) is 3.79. The van der Waals surface area contributed by atoms with Crippen molar-refractivity contribution in [2.24, 2.45) is 0 Å². The van der Waals surface area contributed by atoms with Crippen LogP contribution >= 0.6 is 15.9 Å². The van der Waals surface area contributed by atoms with E-state index in [4.69, 9.17) is 9.47 Å². The van der Waals surface area contributed by atoms with Gasteiger partial charge in [0.05, 0.1) is 6.61 Å². The predicted molar refractivity (Wildman–Crippen MR) is 110 cm³/mol. The third-order valence-electron chi connectivity index (χ3n) is 4.86. The lowest BCUT2D eigenvalue weighted by molar-refractivity contribution is 0.268. The fraction of sp³-hybridized carbons (Fsp3) is 0.455. The van der Waals surface area contributed by atoms with Crippen LogP contribution < -0.4 is 14.8 Å². The second-order valence-corrected chi connectivity index (χ2v) is 7.81. The summed E-state index contributed by atoms with van der Waals surface area (Å²) in [6.45, 7) is 6.10. The number of aryl methyl sites for hydroxylation is 1. The molecule has 3 rings (SSSR count). The highest BCUT2D eigenvalue weighted by molar-refractivity contribution is 9.10. The van der Waals surface area contributed by atoms with Crippen LogP contribution in [0, 0.1) is 6.92 Å². The van der Waals surface area contributed by atoms with Gasteiger partial charge in [0.25, 0.3) is 0 Å². The number of hydrogen-bond donors (Lipinski definition) is 1. The molecule has 0 radical (unpaired) electrons. The molecule has 0 saturated heterocycles. The molecule has 2 aromatic rings. The molecule has 0 unspecified atom stereocenters. The van der Waals surface area contributed by atoms with Gasteiger partial charge in [-0.1, -0.05) is 58.6 Å². The summed E-state index contributed by atoms with van der Waals surface area (Å²) in [6.07, 6.45) is 5.25. The molecule has 2 aromatic carbocycles. The molecule has 0 amide bonds. The van der Waals surface area contributed by atoms with Crippen LogP contribution in [0.1, 0.15) is 49.3 Å². The number of benzene rings is 2.